The van der Waals surface area contributed by atoms with Crippen LogP contribution in [0.3, 0.4) is 0 Å². The van der Waals surface area contributed by atoms with Gasteiger partial charge in [0.1, 0.15) is 5.72 Å². The van der Waals surface area contributed by atoms with Crippen LogP contribution in [-0.4, -0.2) is 18.9 Å². The summed E-state index contributed by atoms with van der Waals surface area (Å²) >= 11 is 0. The highest BCUT2D eigenvalue weighted by molar-refractivity contribution is 4.97. The molecule has 0 amide bonds. The summed E-state index contributed by atoms with van der Waals surface area (Å²) in [5.41, 5.74) is 0.222. The van der Waals surface area contributed by atoms with Gasteiger partial charge in [0, 0.05) is 13.0 Å². The molecule has 2 heterocycles. The quantitative estimate of drug-likeness (QED) is 0.409. The van der Waals surface area contributed by atoms with Gasteiger partial charge in [0.2, 0.25) is 0 Å². The second-order valence-electron chi connectivity index (χ2n) is 1.96. The molecule has 2 fully saturated rings. The van der Waals surface area contributed by atoms with Crippen LogP contribution in [0.2, 0.25) is 0 Å². The molecular formula is C4H7NO. The molecular weight excluding hydrogens is 78.0 g/mol. The van der Waals surface area contributed by atoms with Gasteiger partial charge in [-0.2, -0.15) is 0 Å². The predicted octanol–water partition coefficient (Wildman–Crippen LogP) is -0.294. The minimum Gasteiger partial charge on any atom is -0.354 e. The molecule has 1 N–H and O–H groups in total. The van der Waals surface area contributed by atoms with E-state index in [-0.39, 0.29) is 5.72 Å². The Morgan fingerprint density at radius 3 is 2.33 bits per heavy atom. The Bertz CT molecular complexity index is 71.6. The van der Waals surface area contributed by atoms with Gasteiger partial charge in [-0.1, -0.05) is 0 Å². The fourth-order valence-corrected chi connectivity index (χ4v) is 0.737. The Morgan fingerprint density at radius 2 is 2.33 bits per heavy atom. The fourth-order valence-electron chi connectivity index (χ4n) is 0.737. The van der Waals surface area contributed by atoms with Crippen molar-refractivity contribution in [3.63, 3.8) is 0 Å². The van der Waals surface area contributed by atoms with Crippen molar-refractivity contribution in [2.45, 2.75) is 12.1 Å². The third-order valence-electron chi connectivity index (χ3n) is 1.47. The van der Waals surface area contributed by atoms with Gasteiger partial charge >= 0.3 is 0 Å². The van der Waals surface area contributed by atoms with Crippen LogP contribution >= 0.6 is 0 Å². The Kier molecular flexibility index (Phi) is 0.316. The van der Waals surface area contributed by atoms with E-state index in [0.29, 0.717) is 0 Å². The lowest BCUT2D eigenvalue weighted by atomic mass is 10.1. The van der Waals surface area contributed by atoms with Crippen LogP contribution in [0.4, 0.5) is 0 Å². The monoisotopic (exact) mass is 85.1 g/mol. The van der Waals surface area contributed by atoms with Gasteiger partial charge in [0.25, 0.3) is 0 Å². The molecule has 2 aliphatic heterocycles. The smallest absolute Gasteiger partial charge is 0.144 e. The summed E-state index contributed by atoms with van der Waals surface area (Å²) in [6.07, 6.45) is 1.23. The lowest BCUT2D eigenvalue weighted by Gasteiger charge is -2.22. The van der Waals surface area contributed by atoms with Crippen LogP contribution < -0.4 is 5.32 Å². The maximum Gasteiger partial charge on any atom is 0.144 e. The Labute approximate surface area is 36.5 Å². The first-order valence-corrected chi connectivity index (χ1v) is 2.30. The minimum absolute atomic E-state index is 0.222. The highest BCUT2D eigenvalue weighted by Crippen LogP contribution is 2.32. The van der Waals surface area contributed by atoms with Crippen molar-refractivity contribution in [3.8, 4) is 0 Å². The molecule has 0 radical (unpaired) electrons. The van der Waals surface area contributed by atoms with E-state index in [2.05, 4.69) is 5.32 Å². The van der Waals surface area contributed by atoms with E-state index in [9.17, 15) is 0 Å². The van der Waals surface area contributed by atoms with Gasteiger partial charge in [0.05, 0.1) is 6.61 Å². The number of hydrogen-bond acceptors (Lipinski definition) is 2. The van der Waals surface area contributed by atoms with E-state index in [1.807, 2.05) is 0 Å². The molecule has 1 spiro atoms. The first-order valence-electron chi connectivity index (χ1n) is 2.30. The molecule has 2 nitrogen and oxygen atoms in total. The summed E-state index contributed by atoms with van der Waals surface area (Å²) in [6, 6.07) is 0. The molecule has 2 saturated heterocycles. The number of epoxide rings is 1. The van der Waals surface area contributed by atoms with Crippen LogP contribution in [0.5, 0.6) is 0 Å². The van der Waals surface area contributed by atoms with Crippen molar-refractivity contribution in [1.29, 1.82) is 0 Å². The summed E-state index contributed by atoms with van der Waals surface area (Å²) in [4.78, 5) is 0. The van der Waals surface area contributed by atoms with E-state index < -0.39 is 0 Å². The standard InChI is InChI=1S/C4H7NO/c1-2-5-4(1)3-6-4/h5H,1-3H2. The molecule has 2 heteroatoms. The third-order valence-corrected chi connectivity index (χ3v) is 1.47. The topological polar surface area (TPSA) is 24.6 Å². The maximum absolute atomic E-state index is 5.02. The molecule has 0 bridgehead atoms. The average molecular weight is 85.1 g/mol. The Morgan fingerprint density at radius 1 is 1.67 bits per heavy atom. The second kappa shape index (κ2) is 0.634. The zero-order valence-electron chi connectivity index (χ0n) is 3.53. The molecule has 34 valence electrons. The lowest BCUT2D eigenvalue weighted by Crippen LogP contribution is -2.46. The molecule has 2 aliphatic rings. The minimum atomic E-state index is 0.222. The summed E-state index contributed by atoms with van der Waals surface area (Å²) in [6.45, 7) is 2.10. The first kappa shape index (κ1) is 2.99. The van der Waals surface area contributed by atoms with Crippen LogP contribution in [0.25, 0.3) is 0 Å². The van der Waals surface area contributed by atoms with E-state index in [1.54, 1.807) is 0 Å². The highest BCUT2D eigenvalue weighted by Gasteiger charge is 2.49. The zero-order valence-corrected chi connectivity index (χ0v) is 3.53. The predicted molar refractivity (Wildman–Crippen MR) is 21.3 cm³/mol. The number of ether oxygens (including phenoxy) is 1. The average Bonchev–Trinajstić information content (AvgIpc) is 2.02. The van der Waals surface area contributed by atoms with Gasteiger partial charge in [-0.25, -0.2) is 0 Å². The summed E-state index contributed by atoms with van der Waals surface area (Å²) in [5, 5.41) is 3.17. The maximum atomic E-state index is 5.02. The first-order chi connectivity index (χ1) is 2.91. The summed E-state index contributed by atoms with van der Waals surface area (Å²) < 4.78 is 5.02. The molecule has 6 heavy (non-hydrogen) atoms. The molecule has 1 unspecified atom stereocenters. The van der Waals surface area contributed by atoms with Crippen molar-refractivity contribution < 1.29 is 4.74 Å². The number of hydrogen-bond donors (Lipinski definition) is 1. The zero-order chi connectivity index (χ0) is 4.04. The number of rotatable bonds is 0. The number of nitrogens with one attached hydrogen (secondary N) is 1. The fraction of sp³-hybridized carbons (Fsp3) is 1.00. The van der Waals surface area contributed by atoms with E-state index in [4.69, 9.17) is 4.74 Å². The molecule has 0 aromatic carbocycles. The van der Waals surface area contributed by atoms with E-state index in [0.717, 1.165) is 13.2 Å². The summed E-state index contributed by atoms with van der Waals surface area (Å²) in [5.74, 6) is 0. The molecule has 2 rings (SSSR count). The summed E-state index contributed by atoms with van der Waals surface area (Å²) in [7, 11) is 0. The molecule has 0 saturated carbocycles. The molecule has 0 aliphatic carbocycles. The van der Waals surface area contributed by atoms with Gasteiger partial charge in [-0.05, 0) is 0 Å². The second-order valence-corrected chi connectivity index (χ2v) is 1.96. The SMILES string of the molecule is C1CC2(CO2)N1. The van der Waals surface area contributed by atoms with Crippen molar-refractivity contribution in [1.82, 2.24) is 5.32 Å². The Hall–Kier alpha value is -0.0800. The lowest BCUT2D eigenvalue weighted by molar-refractivity contribution is 0.175. The molecule has 1 atom stereocenters. The van der Waals surface area contributed by atoms with Crippen molar-refractivity contribution in [3.05, 3.63) is 0 Å². The van der Waals surface area contributed by atoms with Crippen LogP contribution in [0.1, 0.15) is 6.42 Å². The van der Waals surface area contributed by atoms with Gasteiger partial charge in [0.15, 0.2) is 0 Å². The highest BCUT2D eigenvalue weighted by atomic mass is 16.6. The van der Waals surface area contributed by atoms with Crippen LogP contribution in [0.15, 0.2) is 0 Å². The van der Waals surface area contributed by atoms with Gasteiger partial charge in [-0.15, -0.1) is 0 Å². The van der Waals surface area contributed by atoms with E-state index in [1.165, 1.54) is 6.42 Å². The molecule has 0 aromatic rings. The van der Waals surface area contributed by atoms with Crippen molar-refractivity contribution in [2.24, 2.45) is 0 Å². The van der Waals surface area contributed by atoms with Crippen LogP contribution in [0, 0.1) is 0 Å². The van der Waals surface area contributed by atoms with Crippen molar-refractivity contribution in [2.75, 3.05) is 13.2 Å². The van der Waals surface area contributed by atoms with Gasteiger partial charge < -0.3 is 4.74 Å². The Balaban J connectivity index is 2.09. The van der Waals surface area contributed by atoms with E-state index >= 15 is 0 Å². The van der Waals surface area contributed by atoms with Gasteiger partial charge in [-0.3, -0.25) is 5.32 Å². The van der Waals surface area contributed by atoms with Crippen molar-refractivity contribution >= 4 is 0 Å². The largest absolute Gasteiger partial charge is 0.354 e. The normalized spacial score (nSPS) is 52.0. The molecule has 0 aromatic heterocycles. The van der Waals surface area contributed by atoms with Crippen LogP contribution in [-0.2, 0) is 4.74 Å². The third kappa shape index (κ3) is 0.200.